The third-order valence-corrected chi connectivity index (χ3v) is 12.6. The van der Waals surface area contributed by atoms with Crippen molar-refractivity contribution in [3.63, 3.8) is 0 Å². The predicted octanol–water partition coefficient (Wildman–Crippen LogP) is 12.7. The van der Waals surface area contributed by atoms with Crippen LogP contribution in [-0.2, 0) is 16.8 Å². The zero-order valence-corrected chi connectivity index (χ0v) is 29.4. The lowest BCUT2D eigenvalue weighted by atomic mass is 9.67. The van der Waals surface area contributed by atoms with Crippen LogP contribution in [0.4, 0.5) is 0 Å². The van der Waals surface area contributed by atoms with E-state index in [0.717, 1.165) is 12.2 Å². The zero-order chi connectivity index (χ0) is 35.1. The minimum atomic E-state index is -0.208. The van der Waals surface area contributed by atoms with Crippen LogP contribution in [-0.4, -0.2) is 9.13 Å². The number of hydrogen-bond donors (Lipinski definition) is 0. The van der Waals surface area contributed by atoms with Crippen molar-refractivity contribution in [2.75, 3.05) is 0 Å². The molecular weight excluding hydrogens is 657 g/mol. The summed E-state index contributed by atoms with van der Waals surface area (Å²) in [7, 11) is 0. The highest BCUT2D eigenvalue weighted by atomic mass is 16.5. The highest BCUT2D eigenvalue weighted by Crippen LogP contribution is 2.60. The Balaban J connectivity index is 1.05. The molecular formula is C51H32N2O. The zero-order valence-electron chi connectivity index (χ0n) is 29.4. The number of nitrogens with zero attached hydrogens (tertiary/aromatic N) is 2. The highest BCUT2D eigenvalue weighted by molar-refractivity contribution is 6.12. The summed E-state index contributed by atoms with van der Waals surface area (Å²) < 4.78 is 11.4. The minimum absolute atomic E-state index is 0.208. The van der Waals surface area contributed by atoms with Crippen LogP contribution in [0.1, 0.15) is 28.8 Å². The van der Waals surface area contributed by atoms with Crippen LogP contribution in [0.3, 0.4) is 0 Å². The minimum Gasteiger partial charge on any atom is -0.489 e. The summed E-state index contributed by atoms with van der Waals surface area (Å²) in [6, 6.07) is 54.0. The second-order valence-electron chi connectivity index (χ2n) is 15.3. The summed E-state index contributed by atoms with van der Waals surface area (Å²) in [4.78, 5) is 0. The third-order valence-electron chi connectivity index (χ3n) is 12.6. The van der Waals surface area contributed by atoms with Gasteiger partial charge in [0.25, 0.3) is 0 Å². The van der Waals surface area contributed by atoms with Crippen LogP contribution in [0, 0.1) is 0 Å². The molecule has 1 spiro atoms. The van der Waals surface area contributed by atoms with E-state index < -0.39 is 0 Å². The second kappa shape index (κ2) is 10.2. The first kappa shape index (κ1) is 28.7. The standard InChI is InChI=1S/C51H32N2O/c1-2-8-31(9-3-1)34-17-21-43-41(27-34)39-20-16-36(29-46(39)52(43)38-19-15-32-10-4-5-11-33(32)26-38)35-18-22-44-42(28-35)40-13-7-24-51-25-23-47-49(51)48-37(30-54-47)12-6-14-45(48)53(44)50(40)51/h1-23,25-29H,24,30H2. The lowest BCUT2D eigenvalue weighted by Crippen LogP contribution is -2.34. The van der Waals surface area contributed by atoms with E-state index in [1.54, 1.807) is 0 Å². The molecule has 4 aliphatic rings. The van der Waals surface area contributed by atoms with Gasteiger partial charge in [0, 0.05) is 44.2 Å². The fourth-order valence-electron chi connectivity index (χ4n) is 10.2. The van der Waals surface area contributed by atoms with Gasteiger partial charge in [0.2, 0.25) is 0 Å². The Kier molecular flexibility index (Phi) is 5.41. The van der Waals surface area contributed by atoms with Crippen LogP contribution in [0.2, 0.25) is 0 Å². The molecule has 252 valence electrons. The van der Waals surface area contributed by atoms with E-state index in [2.05, 4.69) is 179 Å². The van der Waals surface area contributed by atoms with Crippen molar-refractivity contribution in [1.82, 2.24) is 9.13 Å². The van der Waals surface area contributed by atoms with Crippen molar-refractivity contribution in [2.24, 2.45) is 0 Å². The smallest absolute Gasteiger partial charge is 0.124 e. The number of fused-ring (bicyclic) bond motifs is 8. The molecule has 54 heavy (non-hydrogen) atoms. The molecule has 7 aromatic carbocycles. The summed E-state index contributed by atoms with van der Waals surface area (Å²) in [5.74, 6) is 1.04. The van der Waals surface area contributed by atoms with Crippen molar-refractivity contribution < 1.29 is 4.74 Å². The van der Waals surface area contributed by atoms with Gasteiger partial charge in [-0.2, -0.15) is 0 Å². The molecule has 0 bridgehead atoms. The van der Waals surface area contributed by atoms with Crippen LogP contribution in [0.5, 0.6) is 0 Å². The summed E-state index contributed by atoms with van der Waals surface area (Å²) in [5, 5.41) is 6.29. The van der Waals surface area contributed by atoms with E-state index in [0.29, 0.717) is 6.61 Å². The average Bonchev–Trinajstić information content (AvgIpc) is 3.89. The normalized spacial score (nSPS) is 17.5. The fraction of sp³-hybridized carbons (Fsp3) is 0.0588. The van der Waals surface area contributed by atoms with Gasteiger partial charge >= 0.3 is 0 Å². The van der Waals surface area contributed by atoms with Crippen LogP contribution >= 0.6 is 0 Å². The van der Waals surface area contributed by atoms with Gasteiger partial charge in [-0.25, -0.2) is 0 Å². The maximum atomic E-state index is 6.35. The molecule has 13 rings (SSSR count). The Hall–Kier alpha value is -6.84. The van der Waals surface area contributed by atoms with Crippen LogP contribution in [0.15, 0.2) is 170 Å². The molecule has 4 heterocycles. The fourth-order valence-corrected chi connectivity index (χ4v) is 10.2. The lowest BCUT2D eigenvalue weighted by molar-refractivity contribution is 0.207. The Labute approximate surface area is 312 Å². The molecule has 0 N–H and O–H groups in total. The topological polar surface area (TPSA) is 19.1 Å². The SMILES string of the molecule is C1=Cc2c3n(c4ccc(-c5ccc6c7cc(-c8ccccc8)ccc7n(-c7ccc8ccccc8c7)c6c5)cc24)-c2cccc4c2C2=C(C=CC23C1)OC4. The van der Waals surface area contributed by atoms with Gasteiger partial charge in [0.15, 0.2) is 0 Å². The molecule has 0 radical (unpaired) electrons. The molecule has 2 aliphatic heterocycles. The van der Waals surface area contributed by atoms with Gasteiger partial charge in [0.1, 0.15) is 12.4 Å². The number of aromatic nitrogens is 2. The van der Waals surface area contributed by atoms with E-state index in [-0.39, 0.29) is 5.41 Å². The van der Waals surface area contributed by atoms with Crippen LogP contribution < -0.4 is 0 Å². The number of benzene rings is 7. The molecule has 1 unspecified atom stereocenters. The second-order valence-corrected chi connectivity index (χ2v) is 15.3. The first-order valence-corrected chi connectivity index (χ1v) is 18.9. The quantitative estimate of drug-likeness (QED) is 0.181. The maximum absolute atomic E-state index is 6.35. The summed E-state index contributed by atoms with van der Waals surface area (Å²) in [6.07, 6.45) is 10.3. The van der Waals surface area contributed by atoms with Gasteiger partial charge in [-0.3, -0.25) is 0 Å². The van der Waals surface area contributed by atoms with Crippen molar-refractivity contribution in [3.05, 3.63) is 192 Å². The Morgan fingerprint density at radius 1 is 0.537 bits per heavy atom. The molecule has 2 aromatic heterocycles. The van der Waals surface area contributed by atoms with Crippen molar-refractivity contribution in [1.29, 1.82) is 0 Å². The average molecular weight is 689 g/mol. The van der Waals surface area contributed by atoms with Gasteiger partial charge in [-0.15, -0.1) is 0 Å². The highest BCUT2D eigenvalue weighted by Gasteiger charge is 2.50. The van der Waals surface area contributed by atoms with Crippen molar-refractivity contribution in [2.45, 2.75) is 18.4 Å². The third kappa shape index (κ3) is 3.61. The number of allylic oxidation sites excluding steroid dienone is 4. The first-order chi connectivity index (χ1) is 26.7. The Bertz CT molecular complexity index is 3240. The van der Waals surface area contributed by atoms with Gasteiger partial charge < -0.3 is 13.9 Å². The number of ether oxygens (including phenoxy) is 1. The van der Waals surface area contributed by atoms with E-state index in [4.69, 9.17) is 4.74 Å². The molecule has 9 aromatic rings. The molecule has 1 atom stereocenters. The summed E-state index contributed by atoms with van der Waals surface area (Å²) in [5.41, 5.74) is 17.5. The Morgan fingerprint density at radius 2 is 1.31 bits per heavy atom. The predicted molar refractivity (Wildman–Crippen MR) is 222 cm³/mol. The molecule has 3 nitrogen and oxygen atoms in total. The summed E-state index contributed by atoms with van der Waals surface area (Å²) in [6.45, 7) is 0.621. The van der Waals surface area contributed by atoms with E-state index in [1.807, 2.05) is 0 Å². The van der Waals surface area contributed by atoms with Crippen molar-refractivity contribution >= 4 is 55.1 Å². The molecule has 0 amide bonds. The molecule has 3 heteroatoms. The largest absolute Gasteiger partial charge is 0.489 e. The lowest BCUT2D eigenvalue weighted by Gasteiger charge is -2.41. The van der Waals surface area contributed by atoms with Gasteiger partial charge in [-0.05, 0) is 99.6 Å². The molecule has 0 saturated carbocycles. The van der Waals surface area contributed by atoms with E-state index in [9.17, 15) is 0 Å². The van der Waals surface area contributed by atoms with E-state index >= 15 is 0 Å². The van der Waals surface area contributed by atoms with E-state index in [1.165, 1.54) is 105 Å². The summed E-state index contributed by atoms with van der Waals surface area (Å²) >= 11 is 0. The monoisotopic (exact) mass is 688 g/mol. The molecule has 0 fully saturated rings. The Morgan fingerprint density at radius 3 is 2.22 bits per heavy atom. The van der Waals surface area contributed by atoms with Crippen LogP contribution in [0.25, 0.3) is 88.8 Å². The molecule has 2 aliphatic carbocycles. The van der Waals surface area contributed by atoms with Gasteiger partial charge in [0.05, 0.1) is 27.7 Å². The first-order valence-electron chi connectivity index (χ1n) is 18.9. The number of hydrogen-bond acceptors (Lipinski definition) is 1. The van der Waals surface area contributed by atoms with Gasteiger partial charge in [-0.1, -0.05) is 115 Å². The maximum Gasteiger partial charge on any atom is 0.124 e. The van der Waals surface area contributed by atoms with Crippen molar-refractivity contribution in [3.8, 4) is 33.6 Å². The number of rotatable bonds is 3. The molecule has 0 saturated heterocycles.